The van der Waals surface area contributed by atoms with E-state index in [9.17, 15) is 4.79 Å². The van der Waals surface area contributed by atoms with E-state index in [4.69, 9.17) is 5.73 Å². The number of rotatable bonds is 5. The Labute approximate surface area is 115 Å². The van der Waals surface area contributed by atoms with Crippen LogP contribution in [-0.4, -0.2) is 19.7 Å². The quantitative estimate of drug-likeness (QED) is 0.866. The second kappa shape index (κ2) is 6.03. The molecule has 1 atom stereocenters. The molecule has 2 heterocycles. The van der Waals surface area contributed by atoms with Crippen molar-refractivity contribution in [1.29, 1.82) is 0 Å². The van der Waals surface area contributed by atoms with Gasteiger partial charge in [-0.05, 0) is 31.2 Å². The summed E-state index contributed by atoms with van der Waals surface area (Å²) in [5.74, 6) is 0. The molecule has 19 heavy (non-hydrogen) atoms. The monoisotopic (exact) mass is 279 g/mol. The normalized spacial score (nSPS) is 12.6. The first-order valence-electron chi connectivity index (χ1n) is 6.17. The van der Waals surface area contributed by atoms with E-state index in [2.05, 4.69) is 15.2 Å². The van der Waals surface area contributed by atoms with Crippen LogP contribution in [0.3, 0.4) is 0 Å². The molecule has 0 bridgehead atoms. The molecule has 3 N–H and O–H groups in total. The molecule has 0 spiro atoms. The van der Waals surface area contributed by atoms with Crippen molar-refractivity contribution in [2.75, 3.05) is 0 Å². The van der Waals surface area contributed by atoms with E-state index in [0.717, 1.165) is 17.0 Å². The number of nitrogens with one attached hydrogen (secondary N) is 1. The van der Waals surface area contributed by atoms with Crippen LogP contribution in [0.15, 0.2) is 33.3 Å². The lowest BCUT2D eigenvalue weighted by Gasteiger charge is -2.10. The summed E-state index contributed by atoms with van der Waals surface area (Å²) in [6.45, 7) is 4.56. The van der Waals surface area contributed by atoms with Gasteiger partial charge in [-0.25, -0.2) is 14.9 Å². The number of nitrogens with two attached hydrogens (primary N) is 1. The van der Waals surface area contributed by atoms with Gasteiger partial charge in [-0.2, -0.15) is 0 Å². The zero-order chi connectivity index (χ0) is 13.8. The van der Waals surface area contributed by atoms with Gasteiger partial charge < -0.3 is 5.73 Å². The molecule has 0 radical (unpaired) electrons. The van der Waals surface area contributed by atoms with Crippen LogP contribution in [0.5, 0.6) is 0 Å². The molecule has 0 fully saturated rings. The van der Waals surface area contributed by atoms with Crippen molar-refractivity contribution in [3.05, 3.63) is 34.4 Å². The predicted molar refractivity (Wildman–Crippen MR) is 74.1 cm³/mol. The Balaban J connectivity index is 2.34. The van der Waals surface area contributed by atoms with Crippen LogP contribution in [0.2, 0.25) is 0 Å². The smallest absolute Gasteiger partial charge is 0.324 e. The summed E-state index contributed by atoms with van der Waals surface area (Å²) in [4.78, 5) is 15.9. The molecule has 0 aliphatic heterocycles. The molecule has 6 nitrogen and oxygen atoms in total. The Hall–Kier alpha value is -1.60. The largest absolute Gasteiger partial charge is 0.343 e. The number of aromatic nitrogens is 4. The zero-order valence-electron chi connectivity index (χ0n) is 11.0. The van der Waals surface area contributed by atoms with Gasteiger partial charge in [0.1, 0.15) is 5.03 Å². The highest BCUT2D eigenvalue weighted by Gasteiger charge is 2.14. The molecule has 0 saturated heterocycles. The molecule has 1 unspecified atom stereocenters. The summed E-state index contributed by atoms with van der Waals surface area (Å²) in [6.07, 6.45) is 2.58. The first-order chi connectivity index (χ1) is 9.13. The third-order valence-corrected chi connectivity index (χ3v) is 3.68. The van der Waals surface area contributed by atoms with E-state index in [-0.39, 0.29) is 11.7 Å². The Kier molecular flexibility index (Phi) is 4.39. The van der Waals surface area contributed by atoms with Crippen LogP contribution in [0, 0.1) is 0 Å². The highest BCUT2D eigenvalue weighted by Crippen LogP contribution is 2.28. The standard InChI is InChI=1S/C12H17N5OS/c1-3-7-17-11(18)15-16-12(17)19-10-9(8(2)13)5-4-6-14-10/h4-6,8H,3,7,13H2,1-2H3,(H,15,18). The van der Waals surface area contributed by atoms with E-state index in [1.165, 1.54) is 11.8 Å². The minimum absolute atomic E-state index is 0.110. The lowest BCUT2D eigenvalue weighted by Crippen LogP contribution is -2.17. The van der Waals surface area contributed by atoms with Crippen molar-refractivity contribution in [3.8, 4) is 0 Å². The molecule has 2 aromatic rings. The van der Waals surface area contributed by atoms with Crippen LogP contribution in [-0.2, 0) is 6.54 Å². The molecule has 0 aliphatic carbocycles. The van der Waals surface area contributed by atoms with Crippen LogP contribution in [0.1, 0.15) is 31.9 Å². The summed E-state index contributed by atoms with van der Waals surface area (Å²) in [7, 11) is 0. The average molecular weight is 279 g/mol. The van der Waals surface area contributed by atoms with Crippen molar-refractivity contribution in [2.45, 2.75) is 43.0 Å². The summed E-state index contributed by atoms with van der Waals surface area (Å²) < 4.78 is 1.62. The SMILES string of the molecule is CCCn1c(Sc2ncccc2C(C)N)n[nH]c1=O. The molecule has 0 saturated carbocycles. The minimum Gasteiger partial charge on any atom is -0.324 e. The average Bonchev–Trinajstić information content (AvgIpc) is 2.72. The van der Waals surface area contributed by atoms with Gasteiger partial charge in [0.25, 0.3) is 0 Å². The molecule has 2 rings (SSSR count). The Morgan fingerprint density at radius 2 is 2.37 bits per heavy atom. The molecule has 0 amide bonds. The third-order valence-electron chi connectivity index (χ3n) is 2.65. The van der Waals surface area contributed by atoms with E-state index in [1.54, 1.807) is 10.8 Å². The van der Waals surface area contributed by atoms with E-state index < -0.39 is 0 Å². The number of hydrogen-bond acceptors (Lipinski definition) is 5. The third kappa shape index (κ3) is 3.05. The first-order valence-corrected chi connectivity index (χ1v) is 6.98. The van der Waals surface area contributed by atoms with Gasteiger partial charge in [-0.15, -0.1) is 5.10 Å². The number of H-pyrrole nitrogens is 1. The summed E-state index contributed by atoms with van der Waals surface area (Å²) in [6, 6.07) is 3.68. The number of hydrogen-bond donors (Lipinski definition) is 2. The van der Waals surface area contributed by atoms with Crippen molar-refractivity contribution in [1.82, 2.24) is 19.7 Å². The fourth-order valence-corrected chi connectivity index (χ4v) is 2.76. The maximum absolute atomic E-state index is 11.6. The number of nitrogens with zero attached hydrogens (tertiary/aromatic N) is 3. The van der Waals surface area contributed by atoms with Crippen LogP contribution < -0.4 is 11.4 Å². The first kappa shape index (κ1) is 13.8. The predicted octanol–water partition coefficient (Wildman–Crippen LogP) is 1.55. The fraction of sp³-hybridized carbons (Fsp3) is 0.417. The van der Waals surface area contributed by atoms with Crippen LogP contribution in [0.4, 0.5) is 0 Å². The van der Waals surface area contributed by atoms with Crippen LogP contribution >= 0.6 is 11.8 Å². The summed E-state index contributed by atoms with van der Waals surface area (Å²) in [5, 5.41) is 7.91. The van der Waals surface area contributed by atoms with Gasteiger partial charge in [0, 0.05) is 24.3 Å². The van der Waals surface area contributed by atoms with Crippen molar-refractivity contribution >= 4 is 11.8 Å². The molecule has 0 aliphatic rings. The molecule has 0 aromatic carbocycles. The Bertz CT molecular complexity index is 604. The molecular weight excluding hydrogens is 262 g/mol. The van der Waals surface area contributed by atoms with Crippen molar-refractivity contribution in [2.24, 2.45) is 5.73 Å². The van der Waals surface area contributed by atoms with Gasteiger partial charge in [0.2, 0.25) is 0 Å². The highest BCUT2D eigenvalue weighted by molar-refractivity contribution is 7.99. The van der Waals surface area contributed by atoms with Crippen LogP contribution in [0.25, 0.3) is 0 Å². The molecular formula is C12H17N5OS. The van der Waals surface area contributed by atoms with Crippen molar-refractivity contribution in [3.63, 3.8) is 0 Å². The van der Waals surface area contributed by atoms with Gasteiger partial charge in [-0.1, -0.05) is 13.0 Å². The number of pyridine rings is 1. The second-order valence-electron chi connectivity index (χ2n) is 4.25. The highest BCUT2D eigenvalue weighted by atomic mass is 32.2. The minimum atomic E-state index is -0.192. The Morgan fingerprint density at radius 1 is 1.58 bits per heavy atom. The summed E-state index contributed by atoms with van der Waals surface area (Å²) >= 11 is 1.36. The topological polar surface area (TPSA) is 89.6 Å². The zero-order valence-corrected chi connectivity index (χ0v) is 11.8. The second-order valence-corrected chi connectivity index (χ2v) is 5.21. The van der Waals surface area contributed by atoms with Crippen molar-refractivity contribution < 1.29 is 0 Å². The maximum atomic E-state index is 11.6. The molecule has 7 heteroatoms. The van der Waals surface area contributed by atoms with Gasteiger partial charge in [0.15, 0.2) is 5.16 Å². The van der Waals surface area contributed by atoms with E-state index >= 15 is 0 Å². The lowest BCUT2D eigenvalue weighted by atomic mass is 10.2. The van der Waals surface area contributed by atoms with Gasteiger partial charge in [-0.3, -0.25) is 4.57 Å². The van der Waals surface area contributed by atoms with Gasteiger partial charge >= 0.3 is 5.69 Å². The summed E-state index contributed by atoms with van der Waals surface area (Å²) in [5.41, 5.74) is 6.68. The fourth-order valence-electron chi connectivity index (χ4n) is 1.72. The number of aromatic amines is 1. The lowest BCUT2D eigenvalue weighted by molar-refractivity contribution is 0.603. The molecule has 2 aromatic heterocycles. The Morgan fingerprint density at radius 3 is 3.05 bits per heavy atom. The maximum Gasteiger partial charge on any atom is 0.343 e. The van der Waals surface area contributed by atoms with Gasteiger partial charge in [0.05, 0.1) is 0 Å². The van der Waals surface area contributed by atoms with E-state index in [1.807, 2.05) is 26.0 Å². The molecule has 102 valence electrons. The van der Waals surface area contributed by atoms with E-state index in [0.29, 0.717) is 11.7 Å².